The molecule has 0 saturated carbocycles. The molecule has 0 aliphatic heterocycles. The van der Waals surface area contributed by atoms with Crippen LogP contribution in [0.1, 0.15) is 19.2 Å². The zero-order chi connectivity index (χ0) is 15.9. The van der Waals surface area contributed by atoms with E-state index in [-0.39, 0.29) is 12.6 Å². The Morgan fingerprint density at radius 1 is 1.43 bits per heavy atom. The van der Waals surface area contributed by atoms with E-state index in [0.717, 1.165) is 12.2 Å². The summed E-state index contributed by atoms with van der Waals surface area (Å²) < 4.78 is 56.2. The Morgan fingerprint density at radius 3 is 2.67 bits per heavy atom. The molecule has 1 N–H and O–H groups in total. The van der Waals surface area contributed by atoms with Crippen LogP contribution in [0.15, 0.2) is 12.4 Å². The van der Waals surface area contributed by atoms with Gasteiger partial charge in [-0.25, -0.2) is 13.8 Å². The molecule has 1 heterocycles. The van der Waals surface area contributed by atoms with Crippen molar-refractivity contribution in [3.05, 3.63) is 18.2 Å². The topological polar surface area (TPSA) is 39.1 Å². The highest BCUT2D eigenvalue weighted by Gasteiger charge is 2.41. The monoisotopic (exact) mass is 311 g/mol. The maximum Gasteiger partial charge on any atom is 0.330 e. The molecule has 8 heteroatoms. The Kier molecular flexibility index (Phi) is 7.10. The molecule has 1 rings (SSSR count). The van der Waals surface area contributed by atoms with Crippen LogP contribution in [0.25, 0.3) is 0 Å². The first-order valence-corrected chi connectivity index (χ1v) is 6.80. The normalized spacial score (nSPS) is 13.9. The fourth-order valence-electron chi connectivity index (χ4n) is 1.75. The summed E-state index contributed by atoms with van der Waals surface area (Å²) in [5, 5.41) is 3.14. The minimum Gasteiger partial charge on any atom is -0.373 e. The molecule has 0 bridgehead atoms. The molecule has 1 aromatic rings. The molecule has 0 saturated heterocycles. The van der Waals surface area contributed by atoms with Crippen molar-refractivity contribution in [3.63, 3.8) is 0 Å². The first-order chi connectivity index (χ1) is 9.86. The lowest BCUT2D eigenvalue weighted by Crippen LogP contribution is -2.39. The molecule has 0 radical (unpaired) electrons. The molecule has 1 unspecified atom stereocenters. The summed E-state index contributed by atoms with van der Waals surface area (Å²) in [4.78, 5) is 4.15. The van der Waals surface area contributed by atoms with E-state index in [4.69, 9.17) is 4.74 Å². The van der Waals surface area contributed by atoms with Gasteiger partial charge in [0.05, 0.1) is 6.61 Å². The van der Waals surface area contributed by atoms with Crippen molar-refractivity contribution in [1.29, 1.82) is 0 Å². The first-order valence-electron chi connectivity index (χ1n) is 6.80. The molecule has 122 valence electrons. The van der Waals surface area contributed by atoms with Gasteiger partial charge in [0, 0.05) is 31.9 Å². The van der Waals surface area contributed by atoms with Gasteiger partial charge in [0.1, 0.15) is 12.4 Å². The lowest BCUT2D eigenvalue weighted by molar-refractivity contribution is -0.167. The van der Waals surface area contributed by atoms with Crippen molar-refractivity contribution < 1.29 is 22.3 Å². The van der Waals surface area contributed by atoms with Crippen molar-refractivity contribution in [2.24, 2.45) is 7.05 Å². The number of hydrogen-bond acceptors (Lipinski definition) is 3. The van der Waals surface area contributed by atoms with Crippen LogP contribution in [-0.2, 0) is 18.2 Å². The van der Waals surface area contributed by atoms with Gasteiger partial charge >= 0.3 is 12.3 Å². The van der Waals surface area contributed by atoms with Gasteiger partial charge in [-0.2, -0.15) is 8.78 Å². The number of nitrogens with zero attached hydrogens (tertiary/aromatic N) is 2. The Morgan fingerprint density at radius 2 is 2.14 bits per heavy atom. The number of nitrogens with one attached hydrogen (secondary N) is 1. The zero-order valence-corrected chi connectivity index (χ0v) is 12.2. The fourth-order valence-corrected chi connectivity index (χ4v) is 1.75. The Bertz CT molecular complexity index is 412. The average molecular weight is 311 g/mol. The van der Waals surface area contributed by atoms with Crippen molar-refractivity contribution in [1.82, 2.24) is 14.9 Å². The number of hydrogen-bond donors (Lipinski definition) is 1. The Hall–Kier alpha value is -1.15. The highest BCUT2D eigenvalue weighted by Crippen LogP contribution is 2.22. The lowest BCUT2D eigenvalue weighted by Gasteiger charge is -2.21. The minimum absolute atomic E-state index is 0.0742. The molecule has 0 aliphatic carbocycles. The van der Waals surface area contributed by atoms with E-state index in [0.29, 0.717) is 13.0 Å². The molecule has 0 fully saturated rings. The highest BCUT2D eigenvalue weighted by molar-refractivity contribution is 4.94. The van der Waals surface area contributed by atoms with Gasteiger partial charge in [0.2, 0.25) is 0 Å². The summed E-state index contributed by atoms with van der Waals surface area (Å²) in [6, 6.07) is -0.250. The predicted octanol–water partition coefficient (Wildman–Crippen LogP) is 2.25. The van der Waals surface area contributed by atoms with Gasteiger partial charge in [0.25, 0.3) is 0 Å². The molecule has 0 spiro atoms. The fraction of sp³-hybridized carbons (Fsp3) is 0.769. The number of ether oxygens (including phenoxy) is 1. The van der Waals surface area contributed by atoms with E-state index in [1.807, 2.05) is 18.5 Å². The zero-order valence-electron chi connectivity index (χ0n) is 12.2. The summed E-state index contributed by atoms with van der Waals surface area (Å²) in [6.07, 6.45) is 1.04. The SMILES string of the molecule is CCCNC(COCC(F)(F)C(F)F)Cc1nccn1C. The number of aryl methyl sites for hydroxylation is 1. The van der Waals surface area contributed by atoms with Crippen molar-refractivity contribution in [3.8, 4) is 0 Å². The number of aromatic nitrogens is 2. The van der Waals surface area contributed by atoms with E-state index in [2.05, 4.69) is 10.3 Å². The van der Waals surface area contributed by atoms with Crippen LogP contribution in [0.5, 0.6) is 0 Å². The Balaban J connectivity index is 2.48. The third kappa shape index (κ3) is 6.01. The molecule has 4 nitrogen and oxygen atoms in total. The standard InChI is InChI=1S/C13H21F4N3O/c1-3-4-18-10(7-11-19-5-6-20(11)2)8-21-9-13(16,17)12(14)15/h5-6,10,12,18H,3-4,7-9H2,1-2H3. The smallest absolute Gasteiger partial charge is 0.330 e. The molecule has 0 amide bonds. The second kappa shape index (κ2) is 8.33. The molecule has 1 aromatic heterocycles. The van der Waals surface area contributed by atoms with Crippen LogP contribution >= 0.6 is 0 Å². The summed E-state index contributed by atoms with van der Waals surface area (Å²) in [5.41, 5.74) is 0. The maximum atomic E-state index is 12.8. The second-order valence-electron chi connectivity index (χ2n) is 4.89. The molecule has 0 aromatic carbocycles. The van der Waals surface area contributed by atoms with Crippen LogP contribution in [-0.4, -0.2) is 47.7 Å². The van der Waals surface area contributed by atoms with E-state index >= 15 is 0 Å². The summed E-state index contributed by atoms with van der Waals surface area (Å²) in [6.45, 7) is 1.30. The third-order valence-electron chi connectivity index (χ3n) is 2.97. The third-order valence-corrected chi connectivity index (χ3v) is 2.97. The van der Waals surface area contributed by atoms with Gasteiger partial charge in [0.15, 0.2) is 0 Å². The number of alkyl halides is 4. The van der Waals surface area contributed by atoms with Gasteiger partial charge in [-0.1, -0.05) is 6.92 Å². The van der Waals surface area contributed by atoms with Crippen LogP contribution < -0.4 is 5.32 Å². The van der Waals surface area contributed by atoms with Crippen molar-refractivity contribution in [2.75, 3.05) is 19.8 Å². The highest BCUT2D eigenvalue weighted by atomic mass is 19.3. The van der Waals surface area contributed by atoms with Gasteiger partial charge in [-0.15, -0.1) is 0 Å². The van der Waals surface area contributed by atoms with Gasteiger partial charge < -0.3 is 14.6 Å². The van der Waals surface area contributed by atoms with Crippen molar-refractivity contribution >= 4 is 0 Å². The number of halogens is 4. The molecular formula is C13H21F4N3O. The predicted molar refractivity (Wildman–Crippen MR) is 70.8 cm³/mol. The average Bonchev–Trinajstić information content (AvgIpc) is 2.81. The quantitative estimate of drug-likeness (QED) is 0.674. The van der Waals surface area contributed by atoms with E-state index in [1.54, 1.807) is 12.4 Å². The van der Waals surface area contributed by atoms with E-state index in [9.17, 15) is 17.6 Å². The summed E-state index contributed by atoms with van der Waals surface area (Å²) in [7, 11) is 1.82. The van der Waals surface area contributed by atoms with Gasteiger partial charge in [-0.05, 0) is 13.0 Å². The van der Waals surface area contributed by atoms with E-state index in [1.165, 1.54) is 0 Å². The largest absolute Gasteiger partial charge is 0.373 e. The molecule has 0 aliphatic rings. The van der Waals surface area contributed by atoms with Crippen LogP contribution in [0.2, 0.25) is 0 Å². The van der Waals surface area contributed by atoms with Gasteiger partial charge in [-0.3, -0.25) is 0 Å². The van der Waals surface area contributed by atoms with E-state index < -0.39 is 19.0 Å². The van der Waals surface area contributed by atoms with Crippen molar-refractivity contribution in [2.45, 2.75) is 38.2 Å². The van der Waals surface area contributed by atoms with Crippen LogP contribution in [0, 0.1) is 0 Å². The minimum atomic E-state index is -4.11. The lowest BCUT2D eigenvalue weighted by atomic mass is 10.2. The second-order valence-corrected chi connectivity index (χ2v) is 4.89. The molecule has 1 atom stereocenters. The summed E-state index contributed by atoms with van der Waals surface area (Å²) in [5.74, 6) is -3.34. The molecule has 21 heavy (non-hydrogen) atoms. The number of imidazole rings is 1. The number of rotatable bonds is 10. The first kappa shape index (κ1) is 17.9. The Labute approximate surface area is 121 Å². The van der Waals surface area contributed by atoms with Crippen LogP contribution in [0.3, 0.4) is 0 Å². The summed E-state index contributed by atoms with van der Waals surface area (Å²) >= 11 is 0. The molecular weight excluding hydrogens is 290 g/mol. The maximum absolute atomic E-state index is 12.8. The van der Waals surface area contributed by atoms with Crippen LogP contribution in [0.4, 0.5) is 17.6 Å².